The van der Waals surface area contributed by atoms with Gasteiger partial charge < -0.3 is 5.73 Å². The first kappa shape index (κ1) is 11.7. The molecule has 0 heterocycles. The average Bonchev–Trinajstić information content (AvgIpc) is 2.38. The number of nitrogens with two attached hydrogens (primary N) is 1. The van der Waals surface area contributed by atoms with E-state index in [1.165, 1.54) is 29.5 Å². The summed E-state index contributed by atoms with van der Waals surface area (Å²) in [6.07, 6.45) is 3.61. The molecule has 0 amide bonds. The molecule has 2 atom stereocenters. The van der Waals surface area contributed by atoms with Crippen LogP contribution in [0.25, 0.3) is 0 Å². The summed E-state index contributed by atoms with van der Waals surface area (Å²) >= 11 is 0. The zero-order chi connectivity index (χ0) is 11.7. The summed E-state index contributed by atoms with van der Waals surface area (Å²) in [5.41, 5.74) is 10.6. The lowest BCUT2D eigenvalue weighted by Crippen LogP contribution is -2.13. The lowest BCUT2D eigenvalue weighted by Gasteiger charge is -2.16. The quantitative estimate of drug-likeness (QED) is 0.712. The van der Waals surface area contributed by atoms with Gasteiger partial charge in [0, 0.05) is 6.04 Å². The average molecular weight is 217 g/mol. The van der Waals surface area contributed by atoms with E-state index in [9.17, 15) is 0 Å². The van der Waals surface area contributed by atoms with Crippen molar-refractivity contribution < 1.29 is 0 Å². The van der Waals surface area contributed by atoms with Crippen LogP contribution in [0.15, 0.2) is 18.2 Å². The first-order valence-corrected chi connectivity index (χ1v) is 6.46. The largest absolute Gasteiger partial charge is 0.324 e. The SMILES string of the molecule is CC1CCc2ccc(C(C)C)cc2C(N)C1. The van der Waals surface area contributed by atoms with E-state index in [-0.39, 0.29) is 6.04 Å². The maximum atomic E-state index is 6.31. The molecule has 0 saturated carbocycles. The molecule has 16 heavy (non-hydrogen) atoms. The highest BCUT2D eigenvalue weighted by Gasteiger charge is 2.19. The lowest BCUT2D eigenvalue weighted by atomic mass is 9.93. The molecule has 0 bridgehead atoms. The molecule has 0 fully saturated rings. The number of fused-ring (bicyclic) bond motifs is 1. The van der Waals surface area contributed by atoms with Gasteiger partial charge in [-0.05, 0) is 47.8 Å². The second-order valence-corrected chi connectivity index (χ2v) is 5.60. The van der Waals surface area contributed by atoms with Crippen LogP contribution in [-0.2, 0) is 6.42 Å². The van der Waals surface area contributed by atoms with Gasteiger partial charge in [0.15, 0.2) is 0 Å². The Balaban J connectivity index is 2.37. The second kappa shape index (κ2) is 4.58. The van der Waals surface area contributed by atoms with Crippen LogP contribution in [0.4, 0.5) is 0 Å². The van der Waals surface area contributed by atoms with E-state index in [4.69, 9.17) is 5.73 Å². The molecule has 2 rings (SSSR count). The Hall–Kier alpha value is -0.820. The van der Waals surface area contributed by atoms with Gasteiger partial charge in [-0.2, -0.15) is 0 Å². The highest BCUT2D eigenvalue weighted by atomic mass is 14.6. The maximum absolute atomic E-state index is 6.31. The Kier molecular flexibility index (Phi) is 3.34. The molecular weight excluding hydrogens is 194 g/mol. The molecule has 0 saturated heterocycles. The smallest absolute Gasteiger partial charge is 0.0300 e. The molecule has 0 aromatic heterocycles. The van der Waals surface area contributed by atoms with Crippen molar-refractivity contribution in [2.45, 2.75) is 52.0 Å². The monoisotopic (exact) mass is 217 g/mol. The molecule has 1 aromatic rings. The summed E-state index contributed by atoms with van der Waals surface area (Å²) in [4.78, 5) is 0. The van der Waals surface area contributed by atoms with E-state index in [1.807, 2.05) is 0 Å². The van der Waals surface area contributed by atoms with Crippen LogP contribution in [0, 0.1) is 5.92 Å². The van der Waals surface area contributed by atoms with Gasteiger partial charge >= 0.3 is 0 Å². The van der Waals surface area contributed by atoms with Crippen LogP contribution < -0.4 is 5.73 Å². The van der Waals surface area contributed by atoms with Gasteiger partial charge in [-0.15, -0.1) is 0 Å². The van der Waals surface area contributed by atoms with Crippen molar-refractivity contribution in [3.05, 3.63) is 34.9 Å². The Morgan fingerprint density at radius 2 is 2.06 bits per heavy atom. The van der Waals surface area contributed by atoms with Gasteiger partial charge in [0.2, 0.25) is 0 Å². The van der Waals surface area contributed by atoms with Crippen molar-refractivity contribution in [2.24, 2.45) is 11.7 Å². The highest BCUT2D eigenvalue weighted by molar-refractivity contribution is 5.36. The van der Waals surface area contributed by atoms with Crippen molar-refractivity contribution in [3.8, 4) is 0 Å². The van der Waals surface area contributed by atoms with E-state index in [1.54, 1.807) is 0 Å². The van der Waals surface area contributed by atoms with Gasteiger partial charge in [-0.3, -0.25) is 0 Å². The molecule has 0 aliphatic heterocycles. The van der Waals surface area contributed by atoms with Crippen LogP contribution in [0.2, 0.25) is 0 Å². The van der Waals surface area contributed by atoms with E-state index in [0.29, 0.717) is 5.92 Å². The van der Waals surface area contributed by atoms with Gasteiger partial charge in [0.25, 0.3) is 0 Å². The predicted octanol–water partition coefficient (Wildman–Crippen LogP) is 3.78. The zero-order valence-corrected chi connectivity index (χ0v) is 10.7. The molecule has 1 nitrogen and oxygen atoms in total. The summed E-state index contributed by atoms with van der Waals surface area (Å²) in [5, 5.41) is 0. The fourth-order valence-corrected chi connectivity index (χ4v) is 2.63. The van der Waals surface area contributed by atoms with E-state index in [0.717, 1.165) is 12.3 Å². The molecule has 1 aromatic carbocycles. The van der Waals surface area contributed by atoms with Crippen LogP contribution in [0.5, 0.6) is 0 Å². The number of aryl methyl sites for hydroxylation is 1. The normalized spacial score (nSPS) is 25.3. The number of hydrogen-bond acceptors (Lipinski definition) is 1. The Morgan fingerprint density at radius 1 is 1.31 bits per heavy atom. The number of rotatable bonds is 1. The first-order chi connectivity index (χ1) is 7.58. The van der Waals surface area contributed by atoms with Gasteiger partial charge in [0.05, 0.1) is 0 Å². The lowest BCUT2D eigenvalue weighted by molar-refractivity contribution is 0.464. The predicted molar refractivity (Wildman–Crippen MR) is 69.6 cm³/mol. The molecule has 1 aliphatic rings. The van der Waals surface area contributed by atoms with Crippen LogP contribution in [-0.4, -0.2) is 0 Å². The standard InChI is InChI=1S/C15H23N/c1-10(2)13-7-6-12-5-4-11(3)8-15(16)14(12)9-13/h6-7,9-11,15H,4-5,8,16H2,1-3H3. The Morgan fingerprint density at radius 3 is 2.75 bits per heavy atom. The zero-order valence-electron chi connectivity index (χ0n) is 10.7. The van der Waals surface area contributed by atoms with Gasteiger partial charge in [0.1, 0.15) is 0 Å². The molecule has 0 radical (unpaired) electrons. The Bertz CT molecular complexity index is 368. The molecule has 88 valence electrons. The van der Waals surface area contributed by atoms with Gasteiger partial charge in [-0.25, -0.2) is 0 Å². The van der Waals surface area contributed by atoms with Crippen molar-refractivity contribution >= 4 is 0 Å². The van der Waals surface area contributed by atoms with Gasteiger partial charge in [-0.1, -0.05) is 39.0 Å². The molecule has 2 N–H and O–H groups in total. The fraction of sp³-hybridized carbons (Fsp3) is 0.600. The minimum Gasteiger partial charge on any atom is -0.324 e. The van der Waals surface area contributed by atoms with Crippen molar-refractivity contribution in [2.75, 3.05) is 0 Å². The topological polar surface area (TPSA) is 26.0 Å². The molecular formula is C15H23N. The molecule has 1 aliphatic carbocycles. The first-order valence-electron chi connectivity index (χ1n) is 6.46. The summed E-state index contributed by atoms with van der Waals surface area (Å²) in [6.45, 7) is 6.80. The van der Waals surface area contributed by atoms with Crippen LogP contribution >= 0.6 is 0 Å². The summed E-state index contributed by atoms with van der Waals surface area (Å²) in [7, 11) is 0. The third kappa shape index (κ3) is 2.30. The highest BCUT2D eigenvalue weighted by Crippen LogP contribution is 2.32. The molecule has 1 heteroatoms. The minimum absolute atomic E-state index is 0.242. The fourth-order valence-electron chi connectivity index (χ4n) is 2.63. The van der Waals surface area contributed by atoms with E-state index in [2.05, 4.69) is 39.0 Å². The van der Waals surface area contributed by atoms with E-state index >= 15 is 0 Å². The van der Waals surface area contributed by atoms with Crippen molar-refractivity contribution in [1.82, 2.24) is 0 Å². The minimum atomic E-state index is 0.242. The van der Waals surface area contributed by atoms with Crippen LogP contribution in [0.1, 0.15) is 62.3 Å². The number of hydrogen-bond donors (Lipinski definition) is 1. The molecule has 2 unspecified atom stereocenters. The Labute approximate surface area is 99.0 Å². The third-order valence-electron chi connectivity index (χ3n) is 3.80. The summed E-state index contributed by atoms with van der Waals surface area (Å²) in [6, 6.07) is 7.14. The summed E-state index contributed by atoms with van der Waals surface area (Å²) < 4.78 is 0. The maximum Gasteiger partial charge on any atom is 0.0300 e. The van der Waals surface area contributed by atoms with Crippen LogP contribution in [0.3, 0.4) is 0 Å². The number of benzene rings is 1. The van der Waals surface area contributed by atoms with Crippen molar-refractivity contribution in [3.63, 3.8) is 0 Å². The van der Waals surface area contributed by atoms with Crippen molar-refractivity contribution in [1.29, 1.82) is 0 Å². The second-order valence-electron chi connectivity index (χ2n) is 5.60. The molecule has 0 spiro atoms. The summed E-state index contributed by atoms with van der Waals surface area (Å²) in [5.74, 6) is 1.35. The third-order valence-corrected chi connectivity index (χ3v) is 3.80. The van der Waals surface area contributed by atoms with E-state index < -0.39 is 0 Å².